The van der Waals surface area contributed by atoms with Crippen LogP contribution in [0.4, 0.5) is 10.1 Å². The Labute approximate surface area is 156 Å². The minimum atomic E-state index is -0.295. The van der Waals surface area contributed by atoms with Crippen molar-refractivity contribution in [3.8, 4) is 0 Å². The van der Waals surface area contributed by atoms with Gasteiger partial charge in [0.05, 0.1) is 6.54 Å². The van der Waals surface area contributed by atoms with Gasteiger partial charge in [0.2, 0.25) is 11.8 Å². The number of halogens is 2. The van der Waals surface area contributed by atoms with Gasteiger partial charge < -0.3 is 10.2 Å². The Hall–Kier alpha value is -2.44. The maximum atomic E-state index is 12.9. The van der Waals surface area contributed by atoms with Crippen molar-refractivity contribution in [3.63, 3.8) is 0 Å². The number of hydrogen-bond donors (Lipinski definition) is 1. The molecule has 0 unspecified atom stereocenters. The molecule has 1 fully saturated rings. The van der Waals surface area contributed by atoms with Gasteiger partial charge in [-0.2, -0.15) is 0 Å². The van der Waals surface area contributed by atoms with Crippen LogP contribution in [-0.4, -0.2) is 36.5 Å². The van der Waals surface area contributed by atoms with E-state index >= 15 is 0 Å². The van der Waals surface area contributed by atoms with Crippen molar-refractivity contribution in [2.45, 2.75) is 13.5 Å². The van der Waals surface area contributed by atoms with Gasteiger partial charge in [0.15, 0.2) is 0 Å². The van der Waals surface area contributed by atoms with Gasteiger partial charge in [-0.05, 0) is 42.3 Å². The number of amides is 2. The first kappa shape index (κ1) is 18.4. The minimum Gasteiger partial charge on any atom is -0.314 e. The SMILES string of the molecule is Cc1c(Cl)cccc1N1CN(C(=O)CNCc2ccc(F)cc2)CC1=O. The first-order valence-electron chi connectivity index (χ1n) is 8.24. The van der Waals surface area contributed by atoms with Crippen LogP contribution in [0.5, 0.6) is 0 Å². The average molecular weight is 376 g/mol. The van der Waals surface area contributed by atoms with Crippen molar-refractivity contribution < 1.29 is 14.0 Å². The minimum absolute atomic E-state index is 0.0447. The maximum absolute atomic E-state index is 12.9. The molecule has 1 aliphatic rings. The molecule has 0 aromatic heterocycles. The van der Waals surface area contributed by atoms with Gasteiger partial charge in [-0.25, -0.2) is 4.39 Å². The highest BCUT2D eigenvalue weighted by Gasteiger charge is 2.32. The van der Waals surface area contributed by atoms with E-state index < -0.39 is 0 Å². The topological polar surface area (TPSA) is 52.6 Å². The Balaban J connectivity index is 1.57. The molecule has 7 heteroatoms. The summed E-state index contributed by atoms with van der Waals surface area (Å²) in [5.41, 5.74) is 2.41. The van der Waals surface area contributed by atoms with E-state index in [1.54, 1.807) is 29.2 Å². The highest BCUT2D eigenvalue weighted by atomic mass is 35.5. The third-order valence-electron chi connectivity index (χ3n) is 4.34. The summed E-state index contributed by atoms with van der Waals surface area (Å²) >= 11 is 6.12. The van der Waals surface area contributed by atoms with Crippen LogP contribution in [0.1, 0.15) is 11.1 Å². The summed E-state index contributed by atoms with van der Waals surface area (Å²) in [6.07, 6.45) is 0. The van der Waals surface area contributed by atoms with Crippen LogP contribution >= 0.6 is 11.6 Å². The first-order valence-corrected chi connectivity index (χ1v) is 8.62. The predicted molar refractivity (Wildman–Crippen MR) is 98.4 cm³/mol. The summed E-state index contributed by atoms with van der Waals surface area (Å²) in [6.45, 7) is 2.65. The highest BCUT2D eigenvalue weighted by molar-refractivity contribution is 6.31. The molecular weight excluding hydrogens is 357 g/mol. The maximum Gasteiger partial charge on any atom is 0.248 e. The van der Waals surface area contributed by atoms with Crippen LogP contribution in [0.3, 0.4) is 0 Å². The van der Waals surface area contributed by atoms with Crippen LogP contribution in [-0.2, 0) is 16.1 Å². The lowest BCUT2D eigenvalue weighted by Gasteiger charge is -2.20. The summed E-state index contributed by atoms with van der Waals surface area (Å²) in [4.78, 5) is 27.7. The predicted octanol–water partition coefficient (Wildman–Crippen LogP) is 2.71. The molecule has 0 spiro atoms. The summed E-state index contributed by atoms with van der Waals surface area (Å²) in [6, 6.07) is 11.5. The largest absolute Gasteiger partial charge is 0.314 e. The molecule has 1 heterocycles. The smallest absolute Gasteiger partial charge is 0.248 e. The van der Waals surface area contributed by atoms with Gasteiger partial charge in [0.1, 0.15) is 19.0 Å². The third kappa shape index (κ3) is 4.03. The van der Waals surface area contributed by atoms with E-state index in [0.29, 0.717) is 11.6 Å². The standard InChI is InChI=1S/C19H19ClFN3O2/c1-13-16(20)3-2-4-17(13)24-12-23(11-19(24)26)18(25)10-22-9-14-5-7-15(21)8-6-14/h2-8,22H,9-12H2,1H3. The van der Waals surface area contributed by atoms with E-state index in [2.05, 4.69) is 5.32 Å². The molecule has 1 aliphatic heterocycles. The number of nitrogens with zero attached hydrogens (tertiary/aromatic N) is 2. The molecule has 0 radical (unpaired) electrons. The van der Waals surface area contributed by atoms with Gasteiger partial charge in [0.25, 0.3) is 0 Å². The van der Waals surface area contributed by atoms with Gasteiger partial charge in [0, 0.05) is 17.3 Å². The van der Waals surface area contributed by atoms with Gasteiger partial charge in [-0.3, -0.25) is 14.5 Å². The van der Waals surface area contributed by atoms with Gasteiger partial charge in [-0.15, -0.1) is 0 Å². The zero-order valence-corrected chi connectivity index (χ0v) is 15.1. The number of carbonyl (C=O) groups is 2. The van der Waals surface area contributed by atoms with E-state index in [1.807, 2.05) is 13.0 Å². The van der Waals surface area contributed by atoms with Crippen molar-refractivity contribution >= 4 is 29.1 Å². The zero-order valence-electron chi connectivity index (χ0n) is 14.3. The molecule has 0 saturated carbocycles. The molecule has 2 aromatic carbocycles. The number of hydrogen-bond acceptors (Lipinski definition) is 3. The monoisotopic (exact) mass is 375 g/mol. The third-order valence-corrected chi connectivity index (χ3v) is 4.75. The quantitative estimate of drug-likeness (QED) is 0.874. The molecule has 0 atom stereocenters. The second-order valence-electron chi connectivity index (χ2n) is 6.17. The van der Waals surface area contributed by atoms with Crippen molar-refractivity contribution in [3.05, 3.63) is 64.4 Å². The fourth-order valence-electron chi connectivity index (χ4n) is 2.84. The number of nitrogens with one attached hydrogen (secondary N) is 1. The Kier molecular flexibility index (Phi) is 5.54. The molecule has 26 heavy (non-hydrogen) atoms. The summed E-state index contributed by atoms with van der Waals surface area (Å²) in [5, 5.41) is 3.61. The Bertz CT molecular complexity index is 826. The van der Waals surface area contributed by atoms with Crippen molar-refractivity contribution in [1.29, 1.82) is 0 Å². The first-order chi connectivity index (χ1) is 12.5. The van der Waals surface area contributed by atoms with Crippen molar-refractivity contribution in [2.24, 2.45) is 0 Å². The highest BCUT2D eigenvalue weighted by Crippen LogP contribution is 2.28. The molecule has 136 valence electrons. The molecule has 5 nitrogen and oxygen atoms in total. The lowest BCUT2D eigenvalue weighted by Crippen LogP contribution is -2.37. The molecule has 1 N–H and O–H groups in total. The molecule has 3 rings (SSSR count). The molecule has 2 amide bonds. The Morgan fingerprint density at radius 1 is 1.23 bits per heavy atom. The molecule has 0 aliphatic carbocycles. The van der Waals surface area contributed by atoms with E-state index in [-0.39, 0.29) is 37.4 Å². The number of rotatable bonds is 5. The van der Waals surface area contributed by atoms with Crippen molar-refractivity contribution in [1.82, 2.24) is 10.2 Å². The fraction of sp³-hybridized carbons (Fsp3) is 0.263. The Morgan fingerprint density at radius 3 is 2.69 bits per heavy atom. The van der Waals surface area contributed by atoms with E-state index in [1.165, 1.54) is 17.0 Å². The second-order valence-corrected chi connectivity index (χ2v) is 6.58. The normalized spacial score (nSPS) is 14.2. The van der Waals surface area contributed by atoms with Crippen molar-refractivity contribution in [2.75, 3.05) is 24.7 Å². The number of anilines is 1. The lowest BCUT2D eigenvalue weighted by atomic mass is 10.2. The van der Waals surface area contributed by atoms with Crippen LogP contribution in [0.25, 0.3) is 0 Å². The molecule has 2 aromatic rings. The zero-order chi connectivity index (χ0) is 18.7. The summed E-state index contributed by atoms with van der Waals surface area (Å²) < 4.78 is 12.9. The van der Waals surface area contributed by atoms with E-state index in [4.69, 9.17) is 11.6 Å². The fourth-order valence-corrected chi connectivity index (χ4v) is 3.01. The molecular formula is C19H19ClFN3O2. The van der Waals surface area contributed by atoms with Gasteiger partial charge in [-0.1, -0.05) is 29.8 Å². The lowest BCUT2D eigenvalue weighted by molar-refractivity contribution is -0.130. The van der Waals surface area contributed by atoms with Crippen LogP contribution in [0, 0.1) is 12.7 Å². The van der Waals surface area contributed by atoms with Gasteiger partial charge >= 0.3 is 0 Å². The number of carbonyl (C=O) groups excluding carboxylic acids is 2. The summed E-state index contributed by atoms with van der Waals surface area (Å²) in [7, 11) is 0. The van der Waals surface area contributed by atoms with Crippen LogP contribution in [0.2, 0.25) is 5.02 Å². The van der Waals surface area contributed by atoms with E-state index in [0.717, 1.165) is 16.8 Å². The average Bonchev–Trinajstić information content (AvgIpc) is 3.01. The second kappa shape index (κ2) is 7.85. The molecule has 0 bridgehead atoms. The van der Waals surface area contributed by atoms with E-state index in [9.17, 15) is 14.0 Å². The van der Waals surface area contributed by atoms with Crippen LogP contribution < -0.4 is 10.2 Å². The molecule has 1 saturated heterocycles. The van der Waals surface area contributed by atoms with Crippen LogP contribution in [0.15, 0.2) is 42.5 Å². The Morgan fingerprint density at radius 2 is 1.96 bits per heavy atom. The number of benzene rings is 2. The summed E-state index contributed by atoms with van der Waals surface area (Å²) in [5.74, 6) is -0.596.